The van der Waals surface area contributed by atoms with Crippen LogP contribution in [0.4, 0.5) is 0 Å². The van der Waals surface area contributed by atoms with Crippen LogP contribution in [0.3, 0.4) is 0 Å². The molecule has 0 bridgehead atoms. The van der Waals surface area contributed by atoms with Gasteiger partial charge < -0.3 is 10.1 Å². The van der Waals surface area contributed by atoms with E-state index in [1.54, 1.807) is 11.3 Å². The van der Waals surface area contributed by atoms with Crippen molar-refractivity contribution in [2.24, 2.45) is 0 Å². The second-order valence-corrected chi connectivity index (χ2v) is 7.39. The summed E-state index contributed by atoms with van der Waals surface area (Å²) in [4.78, 5) is 5.78. The number of thiazole rings is 1. The predicted octanol–water partition coefficient (Wildman–Crippen LogP) is 4.61. The normalized spacial score (nSPS) is 19.8. The molecular weight excluding hydrogens is 348 g/mol. The van der Waals surface area contributed by atoms with E-state index in [-0.39, 0.29) is 6.10 Å². The Morgan fingerprint density at radius 3 is 3.19 bits per heavy atom. The van der Waals surface area contributed by atoms with E-state index in [1.807, 2.05) is 12.3 Å². The van der Waals surface area contributed by atoms with Gasteiger partial charge in [0.05, 0.1) is 0 Å². The molecule has 5 heteroatoms. The number of hydrogen-bond acceptors (Lipinski definition) is 4. The molecule has 2 atom stereocenters. The molecule has 3 rings (SSSR count). The van der Waals surface area contributed by atoms with Crippen molar-refractivity contribution in [3.8, 4) is 0 Å². The summed E-state index contributed by atoms with van der Waals surface area (Å²) in [6.45, 7) is 3.90. The monoisotopic (exact) mass is 366 g/mol. The van der Waals surface area contributed by atoms with E-state index in [0.717, 1.165) is 35.5 Å². The molecule has 1 aromatic carbocycles. The molecule has 21 heavy (non-hydrogen) atoms. The van der Waals surface area contributed by atoms with E-state index in [9.17, 15) is 0 Å². The van der Waals surface area contributed by atoms with Crippen LogP contribution in [-0.2, 0) is 11.3 Å². The summed E-state index contributed by atoms with van der Waals surface area (Å²) >= 11 is 5.28. The zero-order valence-electron chi connectivity index (χ0n) is 12.0. The third-order valence-corrected chi connectivity index (χ3v) is 5.29. The Morgan fingerprint density at radius 2 is 2.43 bits per heavy atom. The van der Waals surface area contributed by atoms with Crippen molar-refractivity contribution in [3.05, 3.63) is 50.4 Å². The molecule has 1 saturated heterocycles. The molecule has 1 aromatic heterocycles. The lowest BCUT2D eigenvalue weighted by Crippen LogP contribution is -2.17. The van der Waals surface area contributed by atoms with E-state index in [2.05, 4.69) is 51.4 Å². The molecular formula is C16H19BrN2OS. The van der Waals surface area contributed by atoms with Crippen LogP contribution in [0.25, 0.3) is 0 Å². The van der Waals surface area contributed by atoms with Gasteiger partial charge in [0.25, 0.3) is 0 Å². The highest BCUT2D eigenvalue weighted by molar-refractivity contribution is 9.10. The van der Waals surface area contributed by atoms with Gasteiger partial charge in [-0.3, -0.25) is 0 Å². The molecule has 0 aliphatic carbocycles. The molecule has 1 fully saturated rings. The van der Waals surface area contributed by atoms with Crippen LogP contribution in [0, 0.1) is 0 Å². The zero-order chi connectivity index (χ0) is 14.7. The van der Waals surface area contributed by atoms with E-state index in [1.165, 1.54) is 10.4 Å². The lowest BCUT2D eigenvalue weighted by molar-refractivity contribution is 0.111. The van der Waals surface area contributed by atoms with Crippen LogP contribution in [0.2, 0.25) is 0 Å². The van der Waals surface area contributed by atoms with Gasteiger partial charge in [0, 0.05) is 34.7 Å². The first kappa shape index (κ1) is 15.2. The minimum Gasteiger partial charge on any atom is -0.371 e. The summed E-state index contributed by atoms with van der Waals surface area (Å²) in [5, 5.41) is 4.68. The van der Waals surface area contributed by atoms with Crippen LogP contribution in [0.5, 0.6) is 0 Å². The zero-order valence-corrected chi connectivity index (χ0v) is 14.4. The number of halogens is 1. The fourth-order valence-corrected chi connectivity index (χ4v) is 3.84. The van der Waals surface area contributed by atoms with Gasteiger partial charge in [-0.25, -0.2) is 4.98 Å². The number of ether oxygens (including phenoxy) is 1. The molecule has 3 nitrogen and oxygen atoms in total. The first-order valence-electron chi connectivity index (χ1n) is 7.27. The van der Waals surface area contributed by atoms with Crippen LogP contribution in [0.15, 0.2) is 34.9 Å². The molecule has 1 aliphatic heterocycles. The Kier molecular flexibility index (Phi) is 5.06. The van der Waals surface area contributed by atoms with E-state index < -0.39 is 0 Å². The predicted molar refractivity (Wildman–Crippen MR) is 89.4 cm³/mol. The van der Waals surface area contributed by atoms with Gasteiger partial charge in [0.1, 0.15) is 11.1 Å². The average Bonchev–Trinajstić information content (AvgIpc) is 3.15. The quantitative estimate of drug-likeness (QED) is 0.838. The highest BCUT2D eigenvalue weighted by Crippen LogP contribution is 2.31. The molecule has 2 aromatic rings. The van der Waals surface area contributed by atoms with Crippen molar-refractivity contribution in [3.63, 3.8) is 0 Å². The average molecular weight is 367 g/mol. The second kappa shape index (κ2) is 7.01. The highest BCUT2D eigenvalue weighted by Gasteiger charge is 2.20. The maximum atomic E-state index is 5.68. The van der Waals surface area contributed by atoms with Crippen molar-refractivity contribution in [2.45, 2.75) is 38.5 Å². The number of rotatable bonds is 5. The largest absolute Gasteiger partial charge is 0.371 e. The molecule has 0 spiro atoms. The molecule has 0 unspecified atom stereocenters. The van der Waals surface area contributed by atoms with E-state index in [4.69, 9.17) is 4.74 Å². The fourth-order valence-electron chi connectivity index (χ4n) is 2.47. The van der Waals surface area contributed by atoms with Gasteiger partial charge in [-0.1, -0.05) is 28.1 Å². The summed E-state index contributed by atoms with van der Waals surface area (Å²) in [5.74, 6) is 0. The standard InChI is InChI=1S/C16H19BrN2OS/c1-11(12-4-2-5-13(17)8-12)18-9-14-10-19-16(21-14)15-6-3-7-20-15/h2,4-5,8,10-11,15,18H,3,6-7,9H2,1H3/t11-,15-/m0/s1. The summed E-state index contributed by atoms with van der Waals surface area (Å²) in [6.07, 6.45) is 4.46. The van der Waals surface area contributed by atoms with Crippen LogP contribution >= 0.6 is 27.3 Å². The SMILES string of the molecule is C[C@H](NCc1cnc([C@@H]2CCCO2)s1)c1cccc(Br)c1. The Labute approximate surface area is 137 Å². The van der Waals surface area contributed by atoms with Crippen LogP contribution in [0.1, 0.15) is 47.4 Å². The summed E-state index contributed by atoms with van der Waals surface area (Å²) in [7, 11) is 0. The second-order valence-electron chi connectivity index (χ2n) is 5.32. The Bertz CT molecular complexity index is 595. The minimum absolute atomic E-state index is 0.228. The lowest BCUT2D eigenvalue weighted by Gasteiger charge is -2.13. The van der Waals surface area contributed by atoms with Crippen LogP contribution < -0.4 is 5.32 Å². The van der Waals surface area contributed by atoms with Gasteiger partial charge >= 0.3 is 0 Å². The van der Waals surface area contributed by atoms with Crippen LogP contribution in [-0.4, -0.2) is 11.6 Å². The lowest BCUT2D eigenvalue weighted by atomic mass is 10.1. The molecule has 1 aliphatic rings. The third-order valence-electron chi connectivity index (χ3n) is 3.71. The van der Waals surface area contributed by atoms with Crippen molar-refractivity contribution >= 4 is 27.3 Å². The topological polar surface area (TPSA) is 34.2 Å². The first-order valence-corrected chi connectivity index (χ1v) is 8.88. The summed E-state index contributed by atoms with van der Waals surface area (Å²) in [6, 6.07) is 8.73. The van der Waals surface area contributed by atoms with Gasteiger partial charge in [0.2, 0.25) is 0 Å². The van der Waals surface area contributed by atoms with Gasteiger partial charge in [-0.2, -0.15) is 0 Å². The molecule has 112 valence electrons. The molecule has 0 saturated carbocycles. The fraction of sp³-hybridized carbons (Fsp3) is 0.438. The smallest absolute Gasteiger partial charge is 0.122 e. The maximum Gasteiger partial charge on any atom is 0.122 e. The number of hydrogen-bond donors (Lipinski definition) is 1. The molecule has 1 N–H and O–H groups in total. The molecule has 2 heterocycles. The molecule has 0 amide bonds. The third kappa shape index (κ3) is 3.92. The Balaban J connectivity index is 1.57. The van der Waals surface area contributed by atoms with Crippen molar-refractivity contribution in [1.29, 1.82) is 0 Å². The van der Waals surface area contributed by atoms with Crippen molar-refractivity contribution in [1.82, 2.24) is 10.3 Å². The summed E-state index contributed by atoms with van der Waals surface area (Å²) < 4.78 is 6.80. The number of benzene rings is 1. The number of nitrogens with one attached hydrogen (secondary N) is 1. The number of aromatic nitrogens is 1. The van der Waals surface area contributed by atoms with Gasteiger partial charge in [-0.05, 0) is 37.5 Å². The van der Waals surface area contributed by atoms with Crippen molar-refractivity contribution in [2.75, 3.05) is 6.61 Å². The van der Waals surface area contributed by atoms with Crippen molar-refractivity contribution < 1.29 is 4.74 Å². The Hall–Kier alpha value is -0.750. The number of nitrogens with zero attached hydrogens (tertiary/aromatic N) is 1. The molecule has 0 radical (unpaired) electrons. The van der Waals surface area contributed by atoms with Gasteiger partial charge in [-0.15, -0.1) is 11.3 Å². The van der Waals surface area contributed by atoms with E-state index >= 15 is 0 Å². The highest BCUT2D eigenvalue weighted by atomic mass is 79.9. The first-order chi connectivity index (χ1) is 10.2. The minimum atomic E-state index is 0.228. The van der Waals surface area contributed by atoms with Gasteiger partial charge in [0.15, 0.2) is 0 Å². The Morgan fingerprint density at radius 1 is 1.52 bits per heavy atom. The van der Waals surface area contributed by atoms with E-state index in [0.29, 0.717) is 6.04 Å². The summed E-state index contributed by atoms with van der Waals surface area (Å²) in [5.41, 5.74) is 1.29. The maximum absolute atomic E-state index is 5.68.